The molecular formula is C30H31F4N7O5. The first-order chi connectivity index (χ1) is 21.8. The van der Waals surface area contributed by atoms with Gasteiger partial charge in [-0.05, 0) is 70.9 Å². The molecule has 0 bridgehead atoms. The van der Waals surface area contributed by atoms with E-state index in [0.29, 0.717) is 48.9 Å². The van der Waals surface area contributed by atoms with Crippen molar-refractivity contribution >= 4 is 23.7 Å². The van der Waals surface area contributed by atoms with Crippen LogP contribution in [0.4, 0.5) is 17.6 Å². The topological polar surface area (TPSA) is 159 Å². The number of amides is 3. The van der Waals surface area contributed by atoms with E-state index in [0.717, 1.165) is 36.0 Å². The molecule has 2 atom stereocenters. The van der Waals surface area contributed by atoms with E-state index >= 15 is 4.39 Å². The quantitative estimate of drug-likeness (QED) is 0.235. The van der Waals surface area contributed by atoms with Crippen molar-refractivity contribution in [2.24, 2.45) is 5.92 Å². The Kier molecular flexibility index (Phi) is 9.46. The first-order valence-corrected chi connectivity index (χ1v) is 14.7. The van der Waals surface area contributed by atoms with Crippen LogP contribution in [-0.4, -0.2) is 66.1 Å². The van der Waals surface area contributed by atoms with Crippen LogP contribution < -0.4 is 10.6 Å². The van der Waals surface area contributed by atoms with Crippen LogP contribution in [0.5, 0.6) is 0 Å². The van der Waals surface area contributed by atoms with Gasteiger partial charge < -0.3 is 10.0 Å². The number of nitrogens with one attached hydrogen (secondary N) is 2. The molecule has 1 saturated heterocycles. The summed E-state index contributed by atoms with van der Waals surface area (Å²) in [7, 11) is 0. The van der Waals surface area contributed by atoms with Crippen LogP contribution in [0.1, 0.15) is 77.1 Å². The molecule has 1 aliphatic carbocycles. The van der Waals surface area contributed by atoms with Gasteiger partial charge >= 0.3 is 12.1 Å². The highest BCUT2D eigenvalue weighted by Gasteiger charge is 2.39. The SMILES string of the molecule is CCc1ccc(C(NCc2ccc3c(c2)C(=O)N(C2CCC(=O)NC2=O)C3)c2nnnn2CC2CC2)c(F)c1.O=C(O)C(F)(F)F. The monoisotopic (exact) mass is 645 g/mol. The Morgan fingerprint density at radius 1 is 1.11 bits per heavy atom. The molecule has 3 aromatic rings. The number of benzene rings is 2. The fourth-order valence-corrected chi connectivity index (χ4v) is 5.39. The number of halogens is 4. The number of fused-ring (bicyclic) bond motifs is 1. The van der Waals surface area contributed by atoms with E-state index in [1.54, 1.807) is 16.8 Å². The van der Waals surface area contributed by atoms with E-state index in [4.69, 9.17) is 9.90 Å². The van der Waals surface area contributed by atoms with Gasteiger partial charge in [-0.3, -0.25) is 25.0 Å². The number of carboxylic acid groups (broad SMARTS) is 1. The summed E-state index contributed by atoms with van der Waals surface area (Å²) in [5.74, 6) is -2.97. The van der Waals surface area contributed by atoms with E-state index < -0.39 is 30.1 Å². The Labute approximate surface area is 260 Å². The van der Waals surface area contributed by atoms with Gasteiger partial charge in [-0.25, -0.2) is 13.9 Å². The van der Waals surface area contributed by atoms with Gasteiger partial charge in [-0.2, -0.15) is 13.2 Å². The molecule has 46 heavy (non-hydrogen) atoms. The predicted octanol–water partition coefficient (Wildman–Crippen LogP) is 3.06. The molecule has 3 amide bonds. The molecule has 1 aromatic heterocycles. The summed E-state index contributed by atoms with van der Waals surface area (Å²) in [5.41, 5.74) is 3.57. The lowest BCUT2D eigenvalue weighted by Gasteiger charge is -2.29. The highest BCUT2D eigenvalue weighted by Crippen LogP contribution is 2.33. The van der Waals surface area contributed by atoms with Crippen molar-refractivity contribution in [1.29, 1.82) is 0 Å². The van der Waals surface area contributed by atoms with Crippen molar-refractivity contribution in [3.05, 3.63) is 75.9 Å². The van der Waals surface area contributed by atoms with Gasteiger partial charge in [-0.1, -0.05) is 31.2 Å². The zero-order chi connectivity index (χ0) is 33.2. The number of aromatic nitrogens is 4. The third kappa shape index (κ3) is 7.38. The van der Waals surface area contributed by atoms with E-state index in [2.05, 4.69) is 26.2 Å². The van der Waals surface area contributed by atoms with Crippen LogP contribution in [0.2, 0.25) is 0 Å². The maximum Gasteiger partial charge on any atom is 0.490 e. The summed E-state index contributed by atoms with van der Waals surface area (Å²) < 4.78 is 48.8. The van der Waals surface area contributed by atoms with E-state index in [1.807, 2.05) is 31.2 Å². The van der Waals surface area contributed by atoms with Crippen molar-refractivity contribution < 1.29 is 41.8 Å². The first kappa shape index (κ1) is 32.7. The number of rotatable bonds is 9. The normalized spacial score (nSPS) is 18.5. The molecule has 0 radical (unpaired) electrons. The number of carbonyl (C=O) groups is 4. The number of tetrazole rings is 1. The third-order valence-electron chi connectivity index (χ3n) is 8.08. The van der Waals surface area contributed by atoms with E-state index in [-0.39, 0.29) is 24.1 Å². The number of hydrogen-bond acceptors (Lipinski definition) is 8. The van der Waals surface area contributed by atoms with Crippen LogP contribution in [0.3, 0.4) is 0 Å². The summed E-state index contributed by atoms with van der Waals surface area (Å²) in [6.45, 7) is 3.34. The minimum Gasteiger partial charge on any atom is -0.475 e. The zero-order valence-corrected chi connectivity index (χ0v) is 24.7. The van der Waals surface area contributed by atoms with Crippen LogP contribution in [0.15, 0.2) is 36.4 Å². The van der Waals surface area contributed by atoms with Crippen molar-refractivity contribution in [1.82, 2.24) is 35.7 Å². The summed E-state index contributed by atoms with van der Waals surface area (Å²) in [4.78, 5) is 47.6. The standard InChI is InChI=1S/C28H30FN7O3.C2HF3O2/c1-2-16-6-8-20(22(29)12-16)25(26-32-33-34-36(26)14-17-3-4-17)30-13-18-5-7-19-15-35(28(39)21(19)11-18)23-9-10-24(37)31-27(23)38;3-2(4,5)1(6)7/h5-8,11-12,17,23,25,30H,2-4,9-10,13-15H2,1H3,(H,31,37,38);(H,6,7). The van der Waals surface area contributed by atoms with Gasteiger partial charge in [-0.15, -0.1) is 5.10 Å². The molecule has 1 saturated carbocycles. The van der Waals surface area contributed by atoms with Crippen molar-refractivity contribution in [3.63, 3.8) is 0 Å². The molecule has 3 N–H and O–H groups in total. The minimum absolute atomic E-state index is 0.211. The molecule has 2 aromatic carbocycles. The first-order valence-electron chi connectivity index (χ1n) is 14.7. The van der Waals surface area contributed by atoms with E-state index in [9.17, 15) is 27.6 Å². The lowest BCUT2D eigenvalue weighted by Crippen LogP contribution is -2.52. The Morgan fingerprint density at radius 3 is 2.46 bits per heavy atom. The predicted molar refractivity (Wildman–Crippen MR) is 151 cm³/mol. The maximum absolute atomic E-state index is 15.3. The fraction of sp³-hybridized carbons (Fsp3) is 0.433. The van der Waals surface area contributed by atoms with Gasteiger partial charge in [0, 0.05) is 37.2 Å². The molecule has 12 nitrogen and oxygen atoms in total. The Balaban J connectivity index is 0.000000537. The number of imide groups is 1. The molecule has 3 heterocycles. The molecule has 3 aliphatic rings. The number of carboxylic acids is 1. The van der Waals surface area contributed by atoms with Crippen molar-refractivity contribution in [2.45, 2.75) is 76.9 Å². The minimum atomic E-state index is -5.08. The second-order valence-electron chi connectivity index (χ2n) is 11.4. The number of alkyl halides is 3. The Hall–Kier alpha value is -4.73. The number of piperidine rings is 1. The highest BCUT2D eigenvalue weighted by atomic mass is 19.4. The molecule has 2 unspecified atom stereocenters. The Bertz CT molecular complexity index is 1660. The smallest absolute Gasteiger partial charge is 0.475 e. The lowest BCUT2D eigenvalue weighted by atomic mass is 10.0. The Morgan fingerprint density at radius 2 is 1.83 bits per heavy atom. The largest absolute Gasteiger partial charge is 0.490 e. The van der Waals surface area contributed by atoms with Crippen molar-refractivity contribution in [3.8, 4) is 0 Å². The summed E-state index contributed by atoms with van der Waals surface area (Å²) in [5, 5.41) is 25.2. The molecule has 0 spiro atoms. The second-order valence-corrected chi connectivity index (χ2v) is 11.4. The highest BCUT2D eigenvalue weighted by molar-refractivity contribution is 6.05. The summed E-state index contributed by atoms with van der Waals surface area (Å²) in [6.07, 6.45) is -1.55. The van der Waals surface area contributed by atoms with Crippen LogP contribution in [-0.2, 0) is 40.4 Å². The second kappa shape index (κ2) is 13.3. The van der Waals surface area contributed by atoms with Gasteiger partial charge in [0.2, 0.25) is 11.8 Å². The van der Waals surface area contributed by atoms with Gasteiger partial charge in [0.1, 0.15) is 11.9 Å². The third-order valence-corrected chi connectivity index (χ3v) is 8.08. The molecule has 16 heteroatoms. The van der Waals surface area contributed by atoms with Gasteiger partial charge in [0.05, 0.1) is 6.04 Å². The summed E-state index contributed by atoms with van der Waals surface area (Å²) >= 11 is 0. The number of nitrogens with zero attached hydrogens (tertiary/aromatic N) is 5. The number of aryl methyl sites for hydroxylation is 1. The summed E-state index contributed by atoms with van der Waals surface area (Å²) in [6, 6.07) is 9.63. The average Bonchev–Trinajstić information content (AvgIpc) is 3.61. The van der Waals surface area contributed by atoms with Crippen LogP contribution >= 0.6 is 0 Å². The number of aliphatic carboxylic acids is 1. The van der Waals surface area contributed by atoms with Gasteiger partial charge in [0.15, 0.2) is 5.82 Å². The molecule has 2 fully saturated rings. The molecule has 6 rings (SSSR count). The van der Waals surface area contributed by atoms with Gasteiger partial charge in [0.25, 0.3) is 5.91 Å². The molecular weight excluding hydrogens is 614 g/mol. The molecule has 2 aliphatic heterocycles. The number of carbonyl (C=O) groups excluding carboxylic acids is 3. The van der Waals surface area contributed by atoms with Crippen LogP contribution in [0, 0.1) is 11.7 Å². The zero-order valence-electron chi connectivity index (χ0n) is 24.7. The molecule has 244 valence electrons. The lowest BCUT2D eigenvalue weighted by molar-refractivity contribution is -0.192. The van der Waals surface area contributed by atoms with E-state index in [1.165, 1.54) is 4.90 Å². The maximum atomic E-state index is 15.3. The fourth-order valence-electron chi connectivity index (χ4n) is 5.39. The number of hydrogen-bond donors (Lipinski definition) is 3. The van der Waals surface area contributed by atoms with Crippen molar-refractivity contribution in [2.75, 3.05) is 0 Å². The van der Waals surface area contributed by atoms with Crippen LogP contribution in [0.25, 0.3) is 0 Å². The average molecular weight is 646 g/mol.